The third kappa shape index (κ3) is 6.29. The minimum absolute atomic E-state index is 0.00799. The van der Waals surface area contributed by atoms with Crippen molar-refractivity contribution in [1.82, 2.24) is 9.80 Å². The molecule has 7 heteroatoms. The second-order valence-corrected chi connectivity index (χ2v) is 7.09. The summed E-state index contributed by atoms with van der Waals surface area (Å²) in [4.78, 5) is 28.7. The fourth-order valence-electron chi connectivity index (χ4n) is 3.16. The molecule has 0 radical (unpaired) electrons. The average molecular weight is 380 g/mol. The van der Waals surface area contributed by atoms with Gasteiger partial charge in [-0.15, -0.1) is 0 Å². The molecule has 1 heterocycles. The lowest BCUT2D eigenvalue weighted by Crippen LogP contribution is -2.47. The molecule has 0 spiro atoms. The van der Waals surface area contributed by atoms with Gasteiger partial charge in [-0.25, -0.2) is 4.39 Å². The van der Waals surface area contributed by atoms with Crippen LogP contribution < -0.4 is 0 Å². The summed E-state index contributed by atoms with van der Waals surface area (Å²) in [5, 5.41) is 0. The third-order valence-electron chi connectivity index (χ3n) is 4.77. The van der Waals surface area contributed by atoms with E-state index in [1.807, 2.05) is 18.7 Å². The maximum atomic E-state index is 13.2. The van der Waals surface area contributed by atoms with Crippen LogP contribution in [-0.2, 0) is 25.6 Å². The molecule has 1 saturated heterocycles. The minimum Gasteiger partial charge on any atom is -0.382 e. The Hall–Kier alpha value is -1.99. The van der Waals surface area contributed by atoms with Crippen LogP contribution in [0, 0.1) is 11.7 Å². The zero-order chi connectivity index (χ0) is 19.8. The number of hydrogen-bond acceptors (Lipinski definition) is 4. The van der Waals surface area contributed by atoms with Crippen molar-refractivity contribution in [2.24, 2.45) is 5.92 Å². The Morgan fingerprint density at radius 2 is 1.96 bits per heavy atom. The number of benzene rings is 1. The van der Waals surface area contributed by atoms with E-state index in [1.165, 1.54) is 12.1 Å². The van der Waals surface area contributed by atoms with Gasteiger partial charge in [0.2, 0.25) is 11.8 Å². The number of hydrogen-bond donors (Lipinski definition) is 0. The minimum atomic E-state index is -0.299. The van der Waals surface area contributed by atoms with Crippen molar-refractivity contribution < 1.29 is 23.5 Å². The van der Waals surface area contributed by atoms with Gasteiger partial charge in [0, 0.05) is 33.2 Å². The number of carbonyl (C=O) groups is 2. The summed E-state index contributed by atoms with van der Waals surface area (Å²) < 4.78 is 23.4. The molecule has 1 aliphatic rings. The molecule has 1 aromatic carbocycles. The molecule has 27 heavy (non-hydrogen) atoms. The Balaban J connectivity index is 2.06. The number of nitrogens with zero attached hydrogens (tertiary/aromatic N) is 2. The van der Waals surface area contributed by atoms with E-state index >= 15 is 0 Å². The van der Waals surface area contributed by atoms with Gasteiger partial charge in [-0.2, -0.15) is 0 Å². The van der Waals surface area contributed by atoms with Gasteiger partial charge < -0.3 is 19.3 Å². The van der Waals surface area contributed by atoms with Crippen LogP contribution in [0.1, 0.15) is 25.8 Å². The predicted molar refractivity (Wildman–Crippen MR) is 99.5 cm³/mol. The molecule has 2 rings (SSSR count). The number of methoxy groups -OCH3 is 1. The lowest BCUT2D eigenvalue weighted by molar-refractivity contribution is -0.137. The second kappa shape index (κ2) is 10.4. The Labute approximate surface area is 160 Å². The molecule has 0 N–H and O–H groups in total. The molecule has 0 aromatic heterocycles. The Morgan fingerprint density at radius 3 is 2.59 bits per heavy atom. The number of rotatable bonds is 8. The number of amides is 2. The second-order valence-electron chi connectivity index (χ2n) is 7.09. The van der Waals surface area contributed by atoms with E-state index in [0.29, 0.717) is 32.8 Å². The van der Waals surface area contributed by atoms with Crippen molar-refractivity contribution in [1.29, 1.82) is 0 Å². The van der Waals surface area contributed by atoms with Crippen LogP contribution in [0.4, 0.5) is 4.39 Å². The van der Waals surface area contributed by atoms with Crippen LogP contribution >= 0.6 is 0 Å². The Bertz CT molecular complexity index is 621. The zero-order valence-electron chi connectivity index (χ0n) is 16.3. The summed E-state index contributed by atoms with van der Waals surface area (Å²) in [7, 11) is 1.58. The summed E-state index contributed by atoms with van der Waals surface area (Å²) in [6.45, 7) is 6.13. The molecule has 1 aromatic rings. The molecule has 1 atom stereocenters. The van der Waals surface area contributed by atoms with Gasteiger partial charge in [0.05, 0.1) is 19.3 Å². The van der Waals surface area contributed by atoms with E-state index in [0.717, 1.165) is 5.56 Å². The van der Waals surface area contributed by atoms with Gasteiger partial charge >= 0.3 is 0 Å². The Morgan fingerprint density at radius 1 is 1.26 bits per heavy atom. The first-order chi connectivity index (χ1) is 12.9. The van der Waals surface area contributed by atoms with E-state index < -0.39 is 0 Å². The molecule has 1 aliphatic heterocycles. The first kappa shape index (κ1) is 21.3. The standard InChI is InChI=1S/C20H29FN2O4/c1-15(2)18-13-22(20(25)14-27-11-10-26-3)9-8-19(24)23(18)12-16-4-6-17(21)7-5-16/h4-7,15,18H,8-14H2,1-3H3/t18-/m1/s1. The summed E-state index contributed by atoms with van der Waals surface area (Å²) in [6.07, 6.45) is 0.272. The van der Waals surface area contributed by atoms with Gasteiger partial charge in [-0.05, 0) is 23.6 Å². The maximum absolute atomic E-state index is 13.2. The van der Waals surface area contributed by atoms with Crippen molar-refractivity contribution in [2.45, 2.75) is 32.9 Å². The van der Waals surface area contributed by atoms with Crippen LogP contribution in [0.5, 0.6) is 0 Å². The zero-order valence-corrected chi connectivity index (χ0v) is 16.3. The fraction of sp³-hybridized carbons (Fsp3) is 0.600. The molecule has 2 amide bonds. The van der Waals surface area contributed by atoms with Crippen molar-refractivity contribution in [3.8, 4) is 0 Å². The highest BCUT2D eigenvalue weighted by Gasteiger charge is 2.33. The highest BCUT2D eigenvalue weighted by molar-refractivity contribution is 5.81. The molecule has 0 saturated carbocycles. The van der Waals surface area contributed by atoms with Crippen molar-refractivity contribution in [3.05, 3.63) is 35.6 Å². The van der Waals surface area contributed by atoms with Crippen molar-refractivity contribution in [3.63, 3.8) is 0 Å². The molecule has 6 nitrogen and oxygen atoms in total. The van der Waals surface area contributed by atoms with E-state index in [-0.39, 0.29) is 42.6 Å². The van der Waals surface area contributed by atoms with Crippen LogP contribution in [0.15, 0.2) is 24.3 Å². The average Bonchev–Trinajstić information content (AvgIpc) is 2.80. The molecule has 1 fully saturated rings. The first-order valence-electron chi connectivity index (χ1n) is 9.30. The van der Waals surface area contributed by atoms with Gasteiger partial charge in [0.15, 0.2) is 0 Å². The van der Waals surface area contributed by atoms with Crippen LogP contribution in [0.25, 0.3) is 0 Å². The summed E-state index contributed by atoms with van der Waals surface area (Å²) >= 11 is 0. The first-order valence-corrected chi connectivity index (χ1v) is 9.30. The highest BCUT2D eigenvalue weighted by Crippen LogP contribution is 2.21. The maximum Gasteiger partial charge on any atom is 0.248 e. The molecule has 0 aliphatic carbocycles. The van der Waals surface area contributed by atoms with Crippen molar-refractivity contribution >= 4 is 11.8 Å². The quantitative estimate of drug-likeness (QED) is 0.648. The van der Waals surface area contributed by atoms with Crippen molar-refractivity contribution in [2.75, 3.05) is 40.0 Å². The lowest BCUT2D eigenvalue weighted by atomic mass is 10.0. The molecule has 150 valence electrons. The lowest BCUT2D eigenvalue weighted by Gasteiger charge is -2.34. The molecular formula is C20H29FN2O4. The normalized spacial score (nSPS) is 18.1. The largest absolute Gasteiger partial charge is 0.382 e. The molecule has 0 unspecified atom stereocenters. The Kier molecular flexibility index (Phi) is 8.19. The molecular weight excluding hydrogens is 351 g/mol. The third-order valence-corrected chi connectivity index (χ3v) is 4.77. The summed E-state index contributed by atoms with van der Waals surface area (Å²) in [6, 6.07) is 6.08. The van der Waals surface area contributed by atoms with Crippen LogP contribution in [0.2, 0.25) is 0 Å². The number of carbonyl (C=O) groups excluding carboxylic acids is 2. The number of halogens is 1. The number of ether oxygens (including phenoxy) is 2. The van der Waals surface area contributed by atoms with E-state index in [9.17, 15) is 14.0 Å². The van der Waals surface area contributed by atoms with Gasteiger partial charge in [-0.1, -0.05) is 26.0 Å². The fourth-order valence-corrected chi connectivity index (χ4v) is 3.16. The molecule has 0 bridgehead atoms. The predicted octanol–water partition coefficient (Wildman–Crippen LogP) is 2.07. The monoisotopic (exact) mass is 380 g/mol. The van der Waals surface area contributed by atoms with E-state index in [1.54, 1.807) is 24.1 Å². The topological polar surface area (TPSA) is 59.1 Å². The SMILES string of the molecule is COCCOCC(=O)N1CCC(=O)N(Cc2ccc(F)cc2)[C@@H](C(C)C)C1. The van der Waals surface area contributed by atoms with E-state index in [4.69, 9.17) is 9.47 Å². The highest BCUT2D eigenvalue weighted by atomic mass is 19.1. The summed E-state index contributed by atoms with van der Waals surface area (Å²) in [5.41, 5.74) is 0.873. The van der Waals surface area contributed by atoms with Crippen LogP contribution in [-0.4, -0.2) is 67.7 Å². The van der Waals surface area contributed by atoms with E-state index in [2.05, 4.69) is 0 Å². The van der Waals surface area contributed by atoms with Crippen LogP contribution in [0.3, 0.4) is 0 Å². The summed E-state index contributed by atoms with van der Waals surface area (Å²) in [5.74, 6) is -0.231. The van der Waals surface area contributed by atoms with Gasteiger partial charge in [0.1, 0.15) is 12.4 Å². The van der Waals surface area contributed by atoms with Gasteiger partial charge in [-0.3, -0.25) is 9.59 Å². The van der Waals surface area contributed by atoms with Gasteiger partial charge in [0.25, 0.3) is 0 Å². The smallest absolute Gasteiger partial charge is 0.248 e.